The number of Topliss-reactive ketones (excluding diaryl/α,β-unsaturated/α-hetero) is 2. The van der Waals surface area contributed by atoms with Gasteiger partial charge in [-0.3, -0.25) is 9.59 Å². The van der Waals surface area contributed by atoms with Crippen molar-refractivity contribution in [2.24, 2.45) is 0 Å². The van der Waals surface area contributed by atoms with Gasteiger partial charge in [0, 0.05) is 23.8 Å². The van der Waals surface area contributed by atoms with Crippen LogP contribution in [0.25, 0.3) is 0 Å². The first-order valence-electron chi connectivity index (χ1n) is 8.16. The van der Waals surface area contributed by atoms with E-state index in [0.29, 0.717) is 13.2 Å². The summed E-state index contributed by atoms with van der Waals surface area (Å²) in [5, 5.41) is 16.1. The van der Waals surface area contributed by atoms with Crippen LogP contribution in [0.3, 0.4) is 0 Å². The van der Waals surface area contributed by atoms with Crippen LogP contribution in [0.4, 0.5) is 0 Å². The van der Waals surface area contributed by atoms with Crippen molar-refractivity contribution in [3.63, 3.8) is 0 Å². The largest absolute Gasteiger partial charge is 2.00 e. The van der Waals surface area contributed by atoms with Crippen LogP contribution in [0.15, 0.2) is 0 Å². The van der Waals surface area contributed by atoms with Crippen LogP contribution in [0.5, 0.6) is 0 Å². The molecule has 0 bridgehead atoms. The van der Waals surface area contributed by atoms with E-state index in [2.05, 4.69) is 23.3 Å². The summed E-state index contributed by atoms with van der Waals surface area (Å²) in [6.07, 6.45) is -0.762. The molecule has 0 rings (SSSR count). The summed E-state index contributed by atoms with van der Waals surface area (Å²) in [4.78, 5) is 41.0. The van der Waals surface area contributed by atoms with Crippen molar-refractivity contribution in [2.75, 3.05) is 13.2 Å². The van der Waals surface area contributed by atoms with E-state index in [0.717, 1.165) is 0 Å². The average molecular weight is 426 g/mol. The number of esters is 2. The van der Waals surface area contributed by atoms with Gasteiger partial charge in [0.15, 0.2) is 0 Å². The maximum atomic E-state index is 10.4. The van der Waals surface area contributed by atoms with Gasteiger partial charge in [-0.05, 0) is 41.5 Å². The zero-order valence-corrected chi connectivity index (χ0v) is 18.8. The predicted molar refractivity (Wildman–Crippen MR) is 97.9 cm³/mol. The molecule has 9 heteroatoms. The SMILES string of the molecule is CC(C)O.CC(C)O.[CH2-]C(=O)CC(=O)OCC.[CH2-]C(=O)CC(=O)OCC.[Ti+2]. The maximum absolute atomic E-state index is 10.4. The number of aliphatic hydroxyl groups is 2. The minimum absolute atomic E-state index is 0. The molecule has 158 valence electrons. The van der Waals surface area contributed by atoms with Crippen molar-refractivity contribution in [3.8, 4) is 0 Å². The monoisotopic (exact) mass is 426 g/mol. The third-order valence-corrected chi connectivity index (χ3v) is 1.29. The molecule has 0 aromatic heterocycles. The molecule has 0 saturated heterocycles. The zero-order valence-electron chi connectivity index (χ0n) is 17.2. The summed E-state index contributed by atoms with van der Waals surface area (Å²) in [6, 6.07) is 0. The standard InChI is InChI=1S/2C6H9O3.2C3H8O.Ti/c2*1-3-9-6(8)4-5(2)7;2*1-3(2)4;/h2*2-4H2,1H3;2*3-4H,1-2H3;/q2*-1;;;+2. The number of rotatable bonds is 6. The molecule has 0 saturated carbocycles. The van der Waals surface area contributed by atoms with E-state index < -0.39 is 23.5 Å². The van der Waals surface area contributed by atoms with Crippen molar-refractivity contribution in [1.29, 1.82) is 0 Å². The summed E-state index contributed by atoms with van der Waals surface area (Å²) in [6.45, 7) is 16.9. The Balaban J connectivity index is -0.0000000843. The van der Waals surface area contributed by atoms with Crippen molar-refractivity contribution in [1.82, 2.24) is 0 Å². The number of aliphatic hydroxyl groups excluding tert-OH is 2. The fraction of sp³-hybridized carbons (Fsp3) is 0.667. The number of hydrogen-bond donors (Lipinski definition) is 2. The third kappa shape index (κ3) is 79.0. The molecule has 0 aliphatic heterocycles. The van der Waals surface area contributed by atoms with Gasteiger partial charge in [0.25, 0.3) is 0 Å². The van der Waals surface area contributed by atoms with Crippen LogP contribution in [-0.2, 0) is 50.4 Å². The van der Waals surface area contributed by atoms with Gasteiger partial charge in [-0.15, -0.1) is 0 Å². The van der Waals surface area contributed by atoms with Gasteiger partial charge in [0.2, 0.25) is 0 Å². The smallest absolute Gasteiger partial charge is 0.466 e. The van der Waals surface area contributed by atoms with E-state index in [1.54, 1.807) is 41.5 Å². The Morgan fingerprint density at radius 3 is 1.04 bits per heavy atom. The van der Waals surface area contributed by atoms with Crippen molar-refractivity contribution >= 4 is 23.5 Å². The summed E-state index contributed by atoms with van der Waals surface area (Å²) in [5.41, 5.74) is 0. The quantitative estimate of drug-likeness (QED) is 0.283. The minimum Gasteiger partial charge on any atom is -0.466 e. The van der Waals surface area contributed by atoms with Gasteiger partial charge in [0.1, 0.15) is 0 Å². The molecule has 0 aliphatic carbocycles. The third-order valence-electron chi connectivity index (χ3n) is 1.29. The fourth-order valence-corrected chi connectivity index (χ4v) is 0.746. The van der Waals surface area contributed by atoms with Gasteiger partial charge in [-0.2, -0.15) is 0 Å². The van der Waals surface area contributed by atoms with E-state index in [1.807, 2.05) is 0 Å². The molecule has 0 unspecified atom stereocenters. The molecule has 0 spiro atoms. The minimum atomic E-state index is -0.502. The number of carbonyl (C=O) groups is 4. The Bertz CT molecular complexity index is 340. The fourth-order valence-electron chi connectivity index (χ4n) is 0.746. The molecule has 0 heterocycles. The van der Waals surface area contributed by atoms with Crippen LogP contribution in [0.1, 0.15) is 54.4 Å². The molecule has 0 radical (unpaired) electrons. The van der Waals surface area contributed by atoms with Crippen molar-refractivity contribution < 1.29 is 60.6 Å². The van der Waals surface area contributed by atoms with E-state index in [4.69, 9.17) is 10.2 Å². The van der Waals surface area contributed by atoms with Crippen molar-refractivity contribution in [3.05, 3.63) is 13.8 Å². The Morgan fingerprint density at radius 1 is 0.741 bits per heavy atom. The van der Waals surface area contributed by atoms with Gasteiger partial charge in [-0.1, -0.05) is 0 Å². The molecule has 0 aromatic carbocycles. The molecule has 0 fully saturated rings. The molecule has 0 aromatic rings. The Morgan fingerprint density at radius 2 is 0.926 bits per heavy atom. The van der Waals surface area contributed by atoms with Gasteiger partial charge < -0.3 is 43.1 Å². The Hall–Kier alpha value is -1.35. The van der Waals surface area contributed by atoms with Crippen LogP contribution >= 0.6 is 0 Å². The van der Waals surface area contributed by atoms with E-state index in [1.165, 1.54) is 0 Å². The van der Waals surface area contributed by atoms with Crippen molar-refractivity contribution in [2.45, 2.75) is 66.6 Å². The van der Waals surface area contributed by atoms with Gasteiger partial charge in [-0.25, -0.2) is 0 Å². The predicted octanol–water partition coefficient (Wildman–Crippen LogP) is 1.46. The molecule has 0 aliphatic rings. The number of ketones is 2. The Labute approximate surface area is 177 Å². The first kappa shape index (κ1) is 36.6. The van der Waals surface area contributed by atoms with Crippen LogP contribution < -0.4 is 0 Å². The Kier molecular flexibility index (Phi) is 36.4. The topological polar surface area (TPSA) is 127 Å². The molecular weight excluding hydrogens is 392 g/mol. The summed E-state index contributed by atoms with van der Waals surface area (Å²) in [7, 11) is 0. The second-order valence-corrected chi connectivity index (χ2v) is 5.23. The summed E-state index contributed by atoms with van der Waals surface area (Å²) in [5.74, 6) is -1.82. The van der Waals surface area contributed by atoms with E-state index in [9.17, 15) is 19.2 Å². The summed E-state index contributed by atoms with van der Waals surface area (Å²) >= 11 is 0. The first-order chi connectivity index (χ1) is 11.8. The second kappa shape index (κ2) is 26.9. The van der Waals surface area contributed by atoms with Gasteiger partial charge >= 0.3 is 33.7 Å². The molecule has 0 atom stereocenters. The molecule has 27 heavy (non-hydrogen) atoms. The second-order valence-electron chi connectivity index (χ2n) is 5.23. The summed E-state index contributed by atoms with van der Waals surface area (Å²) < 4.78 is 8.91. The number of ether oxygens (including phenoxy) is 2. The van der Waals surface area contributed by atoms with E-state index in [-0.39, 0.29) is 46.8 Å². The molecular formula is C18H34O8Ti. The average Bonchev–Trinajstić information content (AvgIpc) is 2.36. The van der Waals surface area contributed by atoms with Crippen LogP contribution in [0.2, 0.25) is 0 Å². The van der Waals surface area contributed by atoms with Gasteiger partial charge in [0.05, 0.1) is 26.1 Å². The van der Waals surface area contributed by atoms with Crippen LogP contribution in [-0.4, -0.2) is 59.1 Å². The maximum Gasteiger partial charge on any atom is 2.00 e. The normalized spacial score (nSPS) is 8.37. The zero-order chi connectivity index (χ0) is 21.7. The molecule has 2 N–H and O–H groups in total. The van der Waals surface area contributed by atoms with Crippen LogP contribution in [0, 0.1) is 13.8 Å². The molecule has 0 amide bonds. The first-order valence-corrected chi connectivity index (χ1v) is 8.16. The van der Waals surface area contributed by atoms with E-state index >= 15 is 0 Å². The number of hydrogen-bond acceptors (Lipinski definition) is 8. The number of carbonyl (C=O) groups excluding carboxylic acids is 4. The molecule has 8 nitrogen and oxygen atoms in total.